The summed E-state index contributed by atoms with van der Waals surface area (Å²) in [5, 5.41) is 22.2. The molecule has 0 aromatic heterocycles. The van der Waals surface area contributed by atoms with E-state index in [1.807, 2.05) is 6.92 Å². The van der Waals surface area contributed by atoms with Gasteiger partial charge in [0, 0.05) is 13.1 Å². The Kier molecular flexibility index (Phi) is 4.22. The molecule has 2 rings (SSSR count). The van der Waals surface area contributed by atoms with Crippen LogP contribution in [0.15, 0.2) is 5.16 Å². The summed E-state index contributed by atoms with van der Waals surface area (Å²) >= 11 is 0. The lowest BCUT2D eigenvalue weighted by atomic mass is 9.83. The lowest BCUT2D eigenvalue weighted by molar-refractivity contribution is -0.138. The number of amidine groups is 1. The van der Waals surface area contributed by atoms with Gasteiger partial charge in [0.05, 0.1) is 5.60 Å². The van der Waals surface area contributed by atoms with E-state index in [2.05, 4.69) is 5.16 Å². The van der Waals surface area contributed by atoms with Crippen LogP contribution >= 0.6 is 0 Å². The summed E-state index contributed by atoms with van der Waals surface area (Å²) in [6, 6.07) is 0. The van der Waals surface area contributed by atoms with Crippen LogP contribution in [0, 0.1) is 5.41 Å². The normalized spacial score (nSPS) is 31.1. The van der Waals surface area contributed by atoms with Crippen LogP contribution in [0.2, 0.25) is 0 Å². The number of carbonyl (C=O) groups is 1. The second kappa shape index (κ2) is 5.60. The summed E-state index contributed by atoms with van der Waals surface area (Å²) < 4.78 is 0. The van der Waals surface area contributed by atoms with Gasteiger partial charge in [-0.1, -0.05) is 18.0 Å². The second-order valence-electron chi connectivity index (χ2n) is 6.42. The van der Waals surface area contributed by atoms with Crippen molar-refractivity contribution in [3.05, 3.63) is 0 Å². The van der Waals surface area contributed by atoms with Crippen molar-refractivity contribution in [2.45, 2.75) is 57.5 Å². The average molecular weight is 283 g/mol. The summed E-state index contributed by atoms with van der Waals surface area (Å²) in [6.45, 7) is 2.98. The van der Waals surface area contributed by atoms with E-state index >= 15 is 0 Å². The number of nitrogens with zero attached hydrogens (tertiary/aromatic N) is 2. The van der Waals surface area contributed by atoms with Crippen LogP contribution in [-0.4, -0.2) is 45.6 Å². The molecule has 1 saturated heterocycles. The Morgan fingerprint density at radius 3 is 2.40 bits per heavy atom. The maximum atomic E-state index is 12.9. The topological polar surface area (TPSA) is 99.2 Å². The van der Waals surface area contributed by atoms with E-state index in [0.717, 1.165) is 19.3 Å². The van der Waals surface area contributed by atoms with Crippen molar-refractivity contribution in [1.29, 1.82) is 0 Å². The molecule has 1 aliphatic heterocycles. The van der Waals surface area contributed by atoms with Gasteiger partial charge in [-0.05, 0) is 39.0 Å². The summed E-state index contributed by atoms with van der Waals surface area (Å²) in [4.78, 5) is 14.6. The number of oxime groups is 1. The predicted octanol–water partition coefficient (Wildman–Crippen LogP) is 1.06. The zero-order valence-corrected chi connectivity index (χ0v) is 12.1. The van der Waals surface area contributed by atoms with Crippen molar-refractivity contribution < 1.29 is 15.1 Å². The third-order valence-corrected chi connectivity index (χ3v) is 4.82. The van der Waals surface area contributed by atoms with E-state index in [4.69, 9.17) is 10.9 Å². The van der Waals surface area contributed by atoms with Crippen LogP contribution in [0.4, 0.5) is 0 Å². The highest BCUT2D eigenvalue weighted by molar-refractivity contribution is 6.07. The van der Waals surface area contributed by atoms with Crippen LogP contribution in [0.1, 0.15) is 51.9 Å². The van der Waals surface area contributed by atoms with Crippen LogP contribution in [0.25, 0.3) is 0 Å². The third-order valence-electron chi connectivity index (χ3n) is 4.82. The van der Waals surface area contributed by atoms with Gasteiger partial charge in [-0.2, -0.15) is 0 Å². The van der Waals surface area contributed by atoms with Gasteiger partial charge in [0.1, 0.15) is 5.41 Å². The van der Waals surface area contributed by atoms with Gasteiger partial charge in [0.2, 0.25) is 5.91 Å². The molecule has 1 amide bonds. The first-order valence-corrected chi connectivity index (χ1v) is 7.41. The number of carbonyl (C=O) groups excluding carboxylic acids is 1. The van der Waals surface area contributed by atoms with E-state index in [-0.39, 0.29) is 11.7 Å². The number of aliphatic hydroxyl groups is 1. The minimum atomic E-state index is -0.828. The number of hydrogen-bond acceptors (Lipinski definition) is 4. The standard InChI is InChI=1S/C14H25N3O3/c1-13(19)5-4-9-17(10-8-13)12(18)14(11(15)16-20)6-2-3-7-14/h19-20H,2-10H2,1H3,(H2,15,16). The molecule has 6 heteroatoms. The molecule has 0 aromatic rings. The average Bonchev–Trinajstić information content (AvgIpc) is 2.84. The lowest BCUT2D eigenvalue weighted by Gasteiger charge is -2.33. The van der Waals surface area contributed by atoms with Gasteiger partial charge in [-0.3, -0.25) is 4.79 Å². The smallest absolute Gasteiger partial charge is 0.236 e. The Labute approximate surface area is 119 Å². The third kappa shape index (κ3) is 2.75. The molecular formula is C14H25N3O3. The maximum Gasteiger partial charge on any atom is 0.236 e. The first-order chi connectivity index (χ1) is 9.41. The molecule has 114 valence electrons. The molecule has 1 aliphatic carbocycles. The highest BCUT2D eigenvalue weighted by Crippen LogP contribution is 2.40. The van der Waals surface area contributed by atoms with Gasteiger partial charge in [0.15, 0.2) is 5.84 Å². The number of hydrogen-bond donors (Lipinski definition) is 3. The summed E-state index contributed by atoms with van der Waals surface area (Å²) in [5.41, 5.74) is 4.29. The largest absolute Gasteiger partial charge is 0.409 e. The van der Waals surface area contributed by atoms with E-state index < -0.39 is 11.0 Å². The number of likely N-dealkylation sites (tertiary alicyclic amines) is 1. The lowest BCUT2D eigenvalue weighted by Crippen LogP contribution is -2.50. The predicted molar refractivity (Wildman–Crippen MR) is 75.4 cm³/mol. The summed E-state index contributed by atoms with van der Waals surface area (Å²) in [7, 11) is 0. The molecule has 0 spiro atoms. The first kappa shape index (κ1) is 15.1. The first-order valence-electron chi connectivity index (χ1n) is 7.41. The molecule has 6 nitrogen and oxygen atoms in total. The molecule has 1 unspecified atom stereocenters. The van der Waals surface area contributed by atoms with E-state index in [1.54, 1.807) is 4.90 Å². The van der Waals surface area contributed by atoms with Gasteiger partial charge in [0.25, 0.3) is 0 Å². The summed E-state index contributed by atoms with van der Waals surface area (Å²) in [6.07, 6.45) is 5.20. The van der Waals surface area contributed by atoms with Crippen LogP contribution < -0.4 is 5.73 Å². The van der Waals surface area contributed by atoms with Crippen molar-refractivity contribution in [1.82, 2.24) is 4.90 Å². The van der Waals surface area contributed by atoms with Gasteiger partial charge in [-0.15, -0.1) is 0 Å². The molecule has 2 fully saturated rings. The molecule has 20 heavy (non-hydrogen) atoms. The van der Waals surface area contributed by atoms with Crippen molar-refractivity contribution in [2.24, 2.45) is 16.3 Å². The fourth-order valence-corrected chi connectivity index (χ4v) is 3.42. The molecule has 0 aromatic carbocycles. The summed E-state index contributed by atoms with van der Waals surface area (Å²) in [5.74, 6) is -0.000919. The van der Waals surface area contributed by atoms with Crippen molar-refractivity contribution in [2.75, 3.05) is 13.1 Å². The molecule has 2 aliphatic rings. The van der Waals surface area contributed by atoms with E-state index in [0.29, 0.717) is 38.8 Å². The molecule has 0 bridgehead atoms. The quantitative estimate of drug-likeness (QED) is 0.305. The minimum Gasteiger partial charge on any atom is -0.409 e. The van der Waals surface area contributed by atoms with Crippen LogP contribution in [0.5, 0.6) is 0 Å². The zero-order valence-electron chi connectivity index (χ0n) is 12.1. The molecule has 1 atom stereocenters. The van der Waals surface area contributed by atoms with Crippen LogP contribution in [0.3, 0.4) is 0 Å². The van der Waals surface area contributed by atoms with E-state index in [9.17, 15) is 9.90 Å². The van der Waals surface area contributed by atoms with Gasteiger partial charge in [-0.25, -0.2) is 0 Å². The fraction of sp³-hybridized carbons (Fsp3) is 0.857. The zero-order chi connectivity index (χ0) is 14.8. The minimum absolute atomic E-state index is 0.0380. The number of nitrogens with two attached hydrogens (primary N) is 1. The van der Waals surface area contributed by atoms with Crippen molar-refractivity contribution in [3.8, 4) is 0 Å². The Hall–Kier alpha value is -1.30. The fourth-order valence-electron chi connectivity index (χ4n) is 3.42. The second-order valence-corrected chi connectivity index (χ2v) is 6.42. The maximum absolute atomic E-state index is 12.9. The number of rotatable bonds is 2. The molecule has 4 N–H and O–H groups in total. The van der Waals surface area contributed by atoms with Crippen LogP contribution in [-0.2, 0) is 4.79 Å². The Balaban J connectivity index is 2.16. The van der Waals surface area contributed by atoms with Crippen molar-refractivity contribution >= 4 is 11.7 Å². The molecule has 1 heterocycles. The highest BCUT2D eigenvalue weighted by Gasteiger charge is 2.47. The Morgan fingerprint density at radius 1 is 1.15 bits per heavy atom. The van der Waals surface area contributed by atoms with Gasteiger partial charge >= 0.3 is 0 Å². The van der Waals surface area contributed by atoms with E-state index in [1.165, 1.54) is 0 Å². The Morgan fingerprint density at radius 2 is 1.80 bits per heavy atom. The Bertz CT molecular complexity index is 400. The SMILES string of the molecule is CC1(O)CCCN(C(=O)C2(C(N)=NO)CCCC2)CC1. The van der Waals surface area contributed by atoms with Crippen molar-refractivity contribution in [3.63, 3.8) is 0 Å². The molecule has 0 radical (unpaired) electrons. The van der Waals surface area contributed by atoms with Gasteiger partial charge < -0.3 is 20.9 Å². The number of amides is 1. The molecule has 1 saturated carbocycles. The monoisotopic (exact) mass is 283 g/mol. The highest BCUT2D eigenvalue weighted by atomic mass is 16.4. The molecular weight excluding hydrogens is 258 g/mol.